The number of aromatic amines is 1. The van der Waals surface area contributed by atoms with Gasteiger partial charge in [-0.3, -0.25) is 0 Å². The summed E-state index contributed by atoms with van der Waals surface area (Å²) >= 11 is 0. The third-order valence-electron chi connectivity index (χ3n) is 4.77. The van der Waals surface area contributed by atoms with Crippen molar-refractivity contribution in [2.24, 2.45) is 0 Å². The van der Waals surface area contributed by atoms with Crippen LogP contribution in [0, 0.1) is 0 Å². The van der Waals surface area contributed by atoms with Crippen molar-refractivity contribution < 1.29 is 14.6 Å². The Morgan fingerprint density at radius 2 is 2.08 bits per heavy atom. The van der Waals surface area contributed by atoms with Crippen LogP contribution < -0.4 is 10.1 Å². The second-order valence-corrected chi connectivity index (χ2v) is 6.96. The maximum atomic E-state index is 11.1. The Bertz CT molecular complexity index is 1000. The molecule has 0 atom stereocenters. The summed E-state index contributed by atoms with van der Waals surface area (Å²) in [5.74, 6) is 0.148. The Hall–Kier alpha value is -3.02. The van der Waals surface area contributed by atoms with Crippen molar-refractivity contribution in [2.45, 2.75) is 19.3 Å². The molecule has 4 rings (SSSR count). The number of benzene rings is 2. The van der Waals surface area contributed by atoms with Gasteiger partial charge in [0.2, 0.25) is 0 Å². The van der Waals surface area contributed by atoms with E-state index in [-0.39, 0.29) is 11.0 Å². The summed E-state index contributed by atoms with van der Waals surface area (Å²) in [6.07, 6.45) is 0. The first-order valence-corrected chi connectivity index (χ1v) is 8.09. The van der Waals surface area contributed by atoms with Gasteiger partial charge in [-0.15, -0.1) is 0 Å². The lowest BCUT2D eigenvalue weighted by molar-refractivity contribution is 0.0696. The van der Waals surface area contributed by atoms with Gasteiger partial charge in [-0.2, -0.15) is 0 Å². The number of anilines is 1. The van der Waals surface area contributed by atoms with E-state index in [1.165, 1.54) is 18.7 Å². The summed E-state index contributed by atoms with van der Waals surface area (Å²) in [5.41, 5.74) is 5.19. The Morgan fingerprint density at radius 1 is 1.28 bits per heavy atom. The molecule has 0 saturated carbocycles. The van der Waals surface area contributed by atoms with E-state index in [0.717, 1.165) is 28.8 Å². The number of carboxylic acid groups (broad SMARTS) is 1. The number of H-pyrrole nitrogens is 1. The molecule has 2 aromatic carbocycles. The number of aromatic carboxylic acids is 1. The standard InChI is InChI=1S/C19H19N3O3/c1-19(2)9-20-13-8-15-14(7-12(13)19)21-17(22-15)11-5-4-10(18(23)24)6-16(11)25-3/h4-8,20H,9H2,1-3H3,(H,21,22)(H,23,24). The highest BCUT2D eigenvalue weighted by Gasteiger charge is 2.30. The van der Waals surface area contributed by atoms with Gasteiger partial charge >= 0.3 is 5.97 Å². The average Bonchev–Trinajstić information content (AvgIpc) is 3.13. The second-order valence-electron chi connectivity index (χ2n) is 6.96. The van der Waals surface area contributed by atoms with Crippen molar-refractivity contribution >= 4 is 22.7 Å². The largest absolute Gasteiger partial charge is 0.496 e. The van der Waals surface area contributed by atoms with Crippen molar-refractivity contribution in [1.82, 2.24) is 9.97 Å². The number of methoxy groups -OCH3 is 1. The summed E-state index contributed by atoms with van der Waals surface area (Å²) in [4.78, 5) is 19.2. The zero-order valence-electron chi connectivity index (χ0n) is 14.3. The number of nitrogens with zero attached hydrogens (tertiary/aromatic N) is 1. The third kappa shape index (κ3) is 2.41. The van der Waals surface area contributed by atoms with Gasteiger partial charge in [0, 0.05) is 17.6 Å². The zero-order valence-corrected chi connectivity index (χ0v) is 14.3. The molecule has 0 spiro atoms. The number of hydrogen-bond donors (Lipinski definition) is 3. The Labute approximate surface area is 144 Å². The van der Waals surface area contributed by atoms with Crippen molar-refractivity contribution in [3.05, 3.63) is 41.5 Å². The fourth-order valence-electron chi connectivity index (χ4n) is 3.32. The summed E-state index contributed by atoms with van der Waals surface area (Å²) in [5, 5.41) is 12.6. The number of nitrogens with one attached hydrogen (secondary N) is 2. The molecular weight excluding hydrogens is 318 g/mol. The first kappa shape index (κ1) is 15.5. The normalized spacial score (nSPS) is 15.0. The molecular formula is C19H19N3O3. The lowest BCUT2D eigenvalue weighted by Gasteiger charge is -2.16. The van der Waals surface area contributed by atoms with Crippen molar-refractivity contribution in [1.29, 1.82) is 0 Å². The van der Waals surface area contributed by atoms with Gasteiger partial charge in [0.1, 0.15) is 11.6 Å². The molecule has 128 valence electrons. The molecule has 2 heterocycles. The van der Waals surface area contributed by atoms with E-state index in [0.29, 0.717) is 11.6 Å². The van der Waals surface area contributed by atoms with E-state index in [2.05, 4.69) is 41.3 Å². The van der Waals surface area contributed by atoms with E-state index in [1.54, 1.807) is 12.1 Å². The maximum absolute atomic E-state index is 11.1. The number of hydrogen-bond acceptors (Lipinski definition) is 4. The Balaban J connectivity index is 1.85. The quantitative estimate of drug-likeness (QED) is 0.679. The molecule has 0 unspecified atom stereocenters. The summed E-state index contributed by atoms with van der Waals surface area (Å²) in [7, 11) is 1.52. The first-order chi connectivity index (χ1) is 11.9. The predicted octanol–water partition coefficient (Wildman–Crippen LogP) is 3.64. The lowest BCUT2D eigenvalue weighted by Crippen LogP contribution is -2.18. The van der Waals surface area contributed by atoms with Gasteiger partial charge in [-0.05, 0) is 35.9 Å². The number of rotatable bonds is 3. The smallest absolute Gasteiger partial charge is 0.335 e. The molecule has 0 aliphatic carbocycles. The number of carboxylic acids is 1. The van der Waals surface area contributed by atoms with Crippen molar-refractivity contribution in [3.8, 4) is 17.1 Å². The van der Waals surface area contributed by atoms with Crippen molar-refractivity contribution in [3.63, 3.8) is 0 Å². The molecule has 3 N–H and O–H groups in total. The van der Waals surface area contributed by atoms with Gasteiger partial charge in [0.25, 0.3) is 0 Å². The molecule has 1 aliphatic rings. The molecule has 1 aliphatic heterocycles. The third-order valence-corrected chi connectivity index (χ3v) is 4.77. The van der Waals surface area contributed by atoms with Crippen LogP contribution in [0.1, 0.15) is 29.8 Å². The fourth-order valence-corrected chi connectivity index (χ4v) is 3.32. The summed E-state index contributed by atoms with van der Waals surface area (Å²) in [6.45, 7) is 5.33. The molecule has 3 aromatic rings. The number of carbonyl (C=O) groups is 1. The number of ether oxygens (including phenoxy) is 1. The number of fused-ring (bicyclic) bond motifs is 2. The molecule has 0 radical (unpaired) electrons. The van der Waals surface area contributed by atoms with Crippen LogP contribution in [0.5, 0.6) is 5.75 Å². The van der Waals surface area contributed by atoms with Crippen LogP contribution >= 0.6 is 0 Å². The number of imidazole rings is 1. The van der Waals surface area contributed by atoms with E-state index in [9.17, 15) is 4.79 Å². The van der Waals surface area contributed by atoms with Gasteiger partial charge in [-0.1, -0.05) is 13.8 Å². The lowest BCUT2D eigenvalue weighted by atomic mass is 9.87. The SMILES string of the molecule is COc1cc(C(=O)O)ccc1-c1nc2cc3c(cc2[nH]1)C(C)(C)CN3. The van der Waals surface area contributed by atoms with Gasteiger partial charge in [0.15, 0.2) is 0 Å². The zero-order chi connectivity index (χ0) is 17.8. The number of aromatic nitrogens is 2. The van der Waals surface area contributed by atoms with Crippen LogP contribution in [-0.2, 0) is 5.41 Å². The van der Waals surface area contributed by atoms with Gasteiger partial charge < -0.3 is 20.1 Å². The topological polar surface area (TPSA) is 87.2 Å². The Morgan fingerprint density at radius 3 is 2.80 bits per heavy atom. The molecule has 0 saturated heterocycles. The molecule has 6 nitrogen and oxygen atoms in total. The van der Waals surface area contributed by atoms with Crippen LogP contribution in [0.2, 0.25) is 0 Å². The van der Waals surface area contributed by atoms with Crippen LogP contribution in [0.25, 0.3) is 22.4 Å². The highest BCUT2D eigenvalue weighted by molar-refractivity contribution is 5.90. The monoisotopic (exact) mass is 337 g/mol. The molecule has 1 aromatic heterocycles. The second kappa shape index (κ2) is 5.24. The maximum Gasteiger partial charge on any atom is 0.335 e. The van der Waals surface area contributed by atoms with Crippen LogP contribution in [0.15, 0.2) is 30.3 Å². The molecule has 25 heavy (non-hydrogen) atoms. The highest BCUT2D eigenvalue weighted by atomic mass is 16.5. The minimum atomic E-state index is -0.987. The van der Waals surface area contributed by atoms with E-state index >= 15 is 0 Å². The van der Waals surface area contributed by atoms with Crippen LogP contribution in [0.4, 0.5) is 5.69 Å². The summed E-state index contributed by atoms with van der Waals surface area (Å²) in [6, 6.07) is 8.97. The molecule has 0 bridgehead atoms. The minimum Gasteiger partial charge on any atom is -0.496 e. The van der Waals surface area contributed by atoms with Crippen LogP contribution in [-0.4, -0.2) is 34.7 Å². The van der Waals surface area contributed by atoms with Crippen molar-refractivity contribution in [2.75, 3.05) is 19.0 Å². The molecule has 0 amide bonds. The molecule has 6 heteroatoms. The Kier molecular flexibility index (Phi) is 3.25. The molecule has 0 fully saturated rings. The van der Waals surface area contributed by atoms with E-state index in [1.807, 2.05) is 0 Å². The van der Waals surface area contributed by atoms with E-state index in [4.69, 9.17) is 9.84 Å². The van der Waals surface area contributed by atoms with Gasteiger partial charge in [-0.25, -0.2) is 9.78 Å². The van der Waals surface area contributed by atoms with E-state index < -0.39 is 5.97 Å². The fraction of sp³-hybridized carbons (Fsp3) is 0.263. The minimum absolute atomic E-state index is 0.0790. The average molecular weight is 337 g/mol. The summed E-state index contributed by atoms with van der Waals surface area (Å²) < 4.78 is 5.36. The first-order valence-electron chi connectivity index (χ1n) is 8.09. The van der Waals surface area contributed by atoms with Crippen LogP contribution in [0.3, 0.4) is 0 Å². The van der Waals surface area contributed by atoms with Gasteiger partial charge in [0.05, 0.1) is 29.3 Å². The highest BCUT2D eigenvalue weighted by Crippen LogP contribution is 2.39. The predicted molar refractivity (Wildman–Crippen MR) is 96.6 cm³/mol.